The molecule has 1 atom stereocenters. The highest BCUT2D eigenvalue weighted by atomic mass is 32.2. The minimum atomic E-state index is -3.54. The number of nitrogens with zero attached hydrogens (tertiary/aromatic N) is 1. The van der Waals surface area contributed by atoms with Gasteiger partial charge in [0.2, 0.25) is 10.0 Å². The predicted octanol–water partition coefficient (Wildman–Crippen LogP) is 2.85. The molecular formula is C18H21NO4S. The van der Waals surface area contributed by atoms with Crippen molar-refractivity contribution in [3.63, 3.8) is 0 Å². The molecule has 0 saturated carbocycles. The van der Waals surface area contributed by atoms with Gasteiger partial charge in [0.25, 0.3) is 0 Å². The Labute approximate surface area is 142 Å². The van der Waals surface area contributed by atoms with Crippen LogP contribution in [0.5, 0.6) is 5.75 Å². The van der Waals surface area contributed by atoms with E-state index in [2.05, 4.69) is 0 Å². The van der Waals surface area contributed by atoms with E-state index in [0.29, 0.717) is 32.1 Å². The maximum atomic E-state index is 12.9. The maximum Gasteiger partial charge on any atom is 0.243 e. The van der Waals surface area contributed by atoms with Crippen molar-refractivity contribution < 1.29 is 17.9 Å². The van der Waals surface area contributed by atoms with Crippen LogP contribution in [0.1, 0.15) is 18.6 Å². The van der Waals surface area contributed by atoms with Gasteiger partial charge in [0.05, 0.1) is 24.2 Å². The topological polar surface area (TPSA) is 55.8 Å². The van der Waals surface area contributed by atoms with E-state index in [-0.39, 0.29) is 11.0 Å². The molecule has 0 radical (unpaired) electrons. The van der Waals surface area contributed by atoms with Crippen molar-refractivity contribution in [1.29, 1.82) is 0 Å². The molecule has 5 nitrogen and oxygen atoms in total. The zero-order chi connectivity index (χ0) is 17.0. The van der Waals surface area contributed by atoms with Gasteiger partial charge in [-0.1, -0.05) is 30.3 Å². The lowest BCUT2D eigenvalue weighted by Gasteiger charge is -2.32. The van der Waals surface area contributed by atoms with Crippen LogP contribution < -0.4 is 4.74 Å². The van der Waals surface area contributed by atoms with E-state index in [1.807, 2.05) is 37.3 Å². The first-order chi connectivity index (χ1) is 11.6. The molecule has 2 aromatic rings. The molecule has 0 bridgehead atoms. The fourth-order valence-electron chi connectivity index (χ4n) is 2.74. The number of sulfonamides is 1. The Bertz CT molecular complexity index is 759. The quantitative estimate of drug-likeness (QED) is 0.835. The van der Waals surface area contributed by atoms with Crippen LogP contribution in [-0.2, 0) is 14.8 Å². The van der Waals surface area contributed by atoms with Crippen molar-refractivity contribution in [1.82, 2.24) is 4.31 Å². The second-order valence-electron chi connectivity index (χ2n) is 5.54. The fourth-order valence-corrected chi connectivity index (χ4v) is 4.16. The zero-order valence-corrected chi connectivity index (χ0v) is 14.4. The van der Waals surface area contributed by atoms with Crippen molar-refractivity contribution in [3.05, 3.63) is 60.2 Å². The first-order valence-corrected chi connectivity index (χ1v) is 9.45. The first kappa shape index (κ1) is 17.0. The van der Waals surface area contributed by atoms with Crippen LogP contribution in [0.25, 0.3) is 0 Å². The molecule has 0 spiro atoms. The number of morpholine rings is 1. The molecule has 1 saturated heterocycles. The third-order valence-electron chi connectivity index (χ3n) is 3.97. The predicted molar refractivity (Wildman–Crippen MR) is 91.5 cm³/mol. The molecule has 1 unspecified atom stereocenters. The maximum absolute atomic E-state index is 12.9. The van der Waals surface area contributed by atoms with Crippen LogP contribution in [0.3, 0.4) is 0 Å². The second-order valence-corrected chi connectivity index (χ2v) is 7.48. The molecule has 1 heterocycles. The van der Waals surface area contributed by atoms with Crippen LogP contribution in [-0.4, -0.2) is 39.0 Å². The third kappa shape index (κ3) is 3.61. The van der Waals surface area contributed by atoms with E-state index in [9.17, 15) is 8.42 Å². The van der Waals surface area contributed by atoms with Gasteiger partial charge < -0.3 is 9.47 Å². The average Bonchev–Trinajstić information content (AvgIpc) is 2.63. The number of rotatable bonds is 5. The summed E-state index contributed by atoms with van der Waals surface area (Å²) >= 11 is 0. The van der Waals surface area contributed by atoms with Crippen LogP contribution in [0.4, 0.5) is 0 Å². The Hall–Kier alpha value is -1.89. The molecule has 3 rings (SSSR count). The average molecular weight is 347 g/mol. The van der Waals surface area contributed by atoms with E-state index in [4.69, 9.17) is 9.47 Å². The van der Waals surface area contributed by atoms with Gasteiger partial charge in [0.1, 0.15) is 5.75 Å². The van der Waals surface area contributed by atoms with Gasteiger partial charge in [0, 0.05) is 13.1 Å². The van der Waals surface area contributed by atoms with Crippen molar-refractivity contribution >= 4 is 10.0 Å². The Balaban J connectivity index is 1.78. The molecule has 0 aromatic heterocycles. The molecule has 128 valence electrons. The smallest absolute Gasteiger partial charge is 0.243 e. The molecule has 0 N–H and O–H groups in total. The van der Waals surface area contributed by atoms with Crippen molar-refractivity contribution in [3.8, 4) is 5.75 Å². The lowest BCUT2D eigenvalue weighted by Crippen LogP contribution is -2.42. The Morgan fingerprint density at radius 3 is 2.50 bits per heavy atom. The summed E-state index contributed by atoms with van der Waals surface area (Å²) in [6, 6.07) is 16.3. The van der Waals surface area contributed by atoms with Gasteiger partial charge in [0.15, 0.2) is 0 Å². The second kappa shape index (κ2) is 7.34. The van der Waals surface area contributed by atoms with Gasteiger partial charge >= 0.3 is 0 Å². The summed E-state index contributed by atoms with van der Waals surface area (Å²) in [5.74, 6) is 0.667. The molecule has 0 aliphatic carbocycles. The van der Waals surface area contributed by atoms with Gasteiger partial charge in [-0.05, 0) is 36.8 Å². The third-order valence-corrected chi connectivity index (χ3v) is 5.85. The van der Waals surface area contributed by atoms with Crippen molar-refractivity contribution in [2.24, 2.45) is 0 Å². The molecule has 6 heteroatoms. The Morgan fingerprint density at radius 1 is 1.12 bits per heavy atom. The van der Waals surface area contributed by atoms with Gasteiger partial charge in [-0.2, -0.15) is 4.31 Å². The number of hydrogen-bond acceptors (Lipinski definition) is 4. The van der Waals surface area contributed by atoms with Gasteiger partial charge in [-0.3, -0.25) is 0 Å². The highest BCUT2D eigenvalue weighted by Gasteiger charge is 2.31. The molecular weight excluding hydrogens is 326 g/mol. The number of ether oxygens (including phenoxy) is 2. The van der Waals surface area contributed by atoms with Crippen LogP contribution in [0.15, 0.2) is 59.5 Å². The largest absolute Gasteiger partial charge is 0.494 e. The molecule has 24 heavy (non-hydrogen) atoms. The van der Waals surface area contributed by atoms with E-state index in [1.54, 1.807) is 24.3 Å². The lowest BCUT2D eigenvalue weighted by atomic mass is 10.1. The highest BCUT2D eigenvalue weighted by Crippen LogP contribution is 2.27. The summed E-state index contributed by atoms with van der Waals surface area (Å²) in [5, 5.41) is 0. The van der Waals surface area contributed by atoms with E-state index in [1.165, 1.54) is 4.31 Å². The van der Waals surface area contributed by atoms with Gasteiger partial charge in [-0.25, -0.2) is 8.42 Å². The van der Waals surface area contributed by atoms with Crippen molar-refractivity contribution in [2.75, 3.05) is 26.3 Å². The summed E-state index contributed by atoms with van der Waals surface area (Å²) in [6.07, 6.45) is -0.238. The number of benzene rings is 2. The standard InChI is InChI=1S/C18H21NO4S/c1-2-22-16-8-10-17(11-9-16)24(20,21)19-12-13-23-18(14-19)15-6-4-3-5-7-15/h3-11,18H,2,12-14H2,1H3. The number of hydrogen-bond donors (Lipinski definition) is 0. The molecule has 1 aliphatic heterocycles. The van der Waals surface area contributed by atoms with E-state index >= 15 is 0 Å². The molecule has 1 aliphatic rings. The first-order valence-electron chi connectivity index (χ1n) is 8.01. The molecule has 0 amide bonds. The van der Waals surface area contributed by atoms with Crippen LogP contribution >= 0.6 is 0 Å². The zero-order valence-electron chi connectivity index (χ0n) is 13.6. The van der Waals surface area contributed by atoms with E-state index < -0.39 is 10.0 Å². The highest BCUT2D eigenvalue weighted by molar-refractivity contribution is 7.89. The summed E-state index contributed by atoms with van der Waals surface area (Å²) in [4.78, 5) is 0.277. The monoisotopic (exact) mass is 347 g/mol. The molecule has 2 aromatic carbocycles. The molecule has 1 fully saturated rings. The summed E-state index contributed by atoms with van der Waals surface area (Å²) in [6.45, 7) is 3.50. The normalized spacial score (nSPS) is 19.1. The lowest BCUT2D eigenvalue weighted by molar-refractivity contribution is -0.00255. The summed E-state index contributed by atoms with van der Waals surface area (Å²) in [5.41, 5.74) is 0.990. The summed E-state index contributed by atoms with van der Waals surface area (Å²) in [7, 11) is -3.54. The van der Waals surface area contributed by atoms with Gasteiger partial charge in [-0.15, -0.1) is 0 Å². The van der Waals surface area contributed by atoms with Crippen molar-refractivity contribution in [2.45, 2.75) is 17.9 Å². The van der Waals surface area contributed by atoms with Crippen LogP contribution in [0, 0.1) is 0 Å². The Kier molecular flexibility index (Phi) is 5.18. The summed E-state index contributed by atoms with van der Waals surface area (Å²) < 4.78 is 38.3. The van der Waals surface area contributed by atoms with Crippen LogP contribution in [0.2, 0.25) is 0 Å². The minimum Gasteiger partial charge on any atom is -0.494 e. The van der Waals surface area contributed by atoms with E-state index in [0.717, 1.165) is 5.56 Å². The Morgan fingerprint density at radius 2 is 1.83 bits per heavy atom. The minimum absolute atomic E-state index is 0.238. The SMILES string of the molecule is CCOc1ccc(S(=O)(=O)N2CCOC(c3ccccc3)C2)cc1. The fraction of sp³-hybridized carbons (Fsp3) is 0.333.